The van der Waals surface area contributed by atoms with Gasteiger partial charge in [0.05, 0.1) is 0 Å². The summed E-state index contributed by atoms with van der Waals surface area (Å²) >= 11 is 1.82. The van der Waals surface area contributed by atoms with Crippen LogP contribution in [0.5, 0.6) is 0 Å². The predicted molar refractivity (Wildman–Crippen MR) is 143 cm³/mol. The summed E-state index contributed by atoms with van der Waals surface area (Å²) in [6.45, 7) is 9.08. The van der Waals surface area contributed by atoms with Crippen LogP contribution in [-0.2, 0) is 19.6 Å². The van der Waals surface area contributed by atoms with Crippen molar-refractivity contribution in [1.82, 2.24) is 20.0 Å². The number of hydrogen-bond donors (Lipinski definition) is 1. The summed E-state index contributed by atoms with van der Waals surface area (Å²) in [5.41, 5.74) is 6.24. The first-order valence-corrected chi connectivity index (χ1v) is 13.8. The first-order valence-electron chi connectivity index (χ1n) is 12.9. The number of benzene rings is 2. The van der Waals surface area contributed by atoms with Gasteiger partial charge in [0.2, 0.25) is 0 Å². The molecule has 3 aromatic rings. The number of hydrogen-bond acceptors (Lipinski definition) is 5. The smallest absolute Gasteiger partial charge is 0.254 e. The molecule has 1 unspecified atom stereocenters. The lowest BCUT2D eigenvalue weighted by Crippen LogP contribution is -2.46. The number of thiophene rings is 1. The zero-order valence-electron chi connectivity index (χ0n) is 20.3. The van der Waals surface area contributed by atoms with Gasteiger partial charge in [0.1, 0.15) is 0 Å². The van der Waals surface area contributed by atoms with E-state index >= 15 is 0 Å². The molecule has 1 aromatic heterocycles. The Hall–Kier alpha value is -2.51. The highest BCUT2D eigenvalue weighted by molar-refractivity contribution is 7.13. The molecule has 1 atom stereocenters. The molecule has 6 heteroatoms. The summed E-state index contributed by atoms with van der Waals surface area (Å²) in [4.78, 5) is 21.6. The molecule has 0 saturated carbocycles. The highest BCUT2D eigenvalue weighted by Crippen LogP contribution is 2.30. The van der Waals surface area contributed by atoms with E-state index in [0.29, 0.717) is 6.04 Å². The minimum Gasteiger partial charge on any atom is -0.330 e. The largest absolute Gasteiger partial charge is 0.330 e. The summed E-state index contributed by atoms with van der Waals surface area (Å²) in [6.07, 6.45) is 2.27. The van der Waals surface area contributed by atoms with Gasteiger partial charge in [-0.2, -0.15) is 0 Å². The fourth-order valence-corrected chi connectivity index (χ4v) is 6.61. The minimum absolute atomic E-state index is 0.219. The first-order chi connectivity index (χ1) is 17.2. The molecule has 35 heavy (non-hydrogen) atoms. The van der Waals surface area contributed by atoms with Crippen LogP contribution < -0.4 is 5.32 Å². The maximum Gasteiger partial charge on any atom is 0.254 e. The van der Waals surface area contributed by atoms with Crippen molar-refractivity contribution in [3.63, 3.8) is 0 Å². The lowest BCUT2D eigenvalue weighted by molar-refractivity contribution is 0.0674. The molecule has 2 saturated heterocycles. The lowest BCUT2D eigenvalue weighted by atomic mass is 10.0. The second-order valence-corrected chi connectivity index (χ2v) is 11.1. The van der Waals surface area contributed by atoms with Gasteiger partial charge in [-0.25, -0.2) is 0 Å². The number of piperidine rings is 1. The number of nitrogens with zero attached hydrogens (tertiary/aromatic N) is 3. The van der Waals surface area contributed by atoms with Crippen molar-refractivity contribution in [3.05, 3.63) is 82.2 Å². The predicted octanol–water partition coefficient (Wildman–Crippen LogP) is 4.44. The topological polar surface area (TPSA) is 38.8 Å². The number of fused-ring (bicyclic) bond motifs is 1. The second kappa shape index (κ2) is 10.2. The molecule has 5 nitrogen and oxygen atoms in total. The van der Waals surface area contributed by atoms with Crippen LogP contribution in [0.2, 0.25) is 0 Å². The number of carbonyl (C=O) groups excluding carboxylic acids is 1. The number of nitrogens with one attached hydrogen (secondary N) is 1. The molecular formula is C29H34N4OS. The Morgan fingerprint density at radius 2 is 1.74 bits per heavy atom. The van der Waals surface area contributed by atoms with Gasteiger partial charge >= 0.3 is 0 Å². The van der Waals surface area contributed by atoms with Gasteiger partial charge in [-0.15, -0.1) is 11.3 Å². The summed E-state index contributed by atoms with van der Waals surface area (Å²) in [6, 6.07) is 20.1. The molecule has 0 bridgehead atoms. The van der Waals surface area contributed by atoms with E-state index in [9.17, 15) is 4.79 Å². The molecule has 4 heterocycles. The highest BCUT2D eigenvalue weighted by Gasteiger charge is 2.33. The average Bonchev–Trinajstić information content (AvgIpc) is 3.55. The van der Waals surface area contributed by atoms with Crippen molar-refractivity contribution in [3.8, 4) is 10.4 Å². The van der Waals surface area contributed by atoms with Crippen LogP contribution in [-0.4, -0.2) is 65.9 Å². The molecule has 0 aliphatic carbocycles. The van der Waals surface area contributed by atoms with Crippen LogP contribution in [0.1, 0.15) is 39.9 Å². The Morgan fingerprint density at radius 1 is 0.914 bits per heavy atom. The van der Waals surface area contributed by atoms with Crippen LogP contribution >= 0.6 is 11.3 Å². The zero-order valence-corrected chi connectivity index (χ0v) is 21.1. The number of rotatable bonds is 6. The average molecular weight is 487 g/mol. The van der Waals surface area contributed by atoms with E-state index in [1.807, 2.05) is 11.3 Å². The van der Waals surface area contributed by atoms with Gasteiger partial charge in [0.25, 0.3) is 5.91 Å². The normalized spacial score (nSPS) is 21.4. The third-order valence-corrected chi connectivity index (χ3v) is 8.69. The fraction of sp³-hybridized carbons (Fsp3) is 0.414. The van der Waals surface area contributed by atoms with Crippen LogP contribution in [0.25, 0.3) is 10.4 Å². The van der Waals surface area contributed by atoms with Gasteiger partial charge in [0, 0.05) is 68.8 Å². The van der Waals surface area contributed by atoms with Crippen molar-refractivity contribution in [1.29, 1.82) is 0 Å². The van der Waals surface area contributed by atoms with E-state index < -0.39 is 0 Å². The summed E-state index contributed by atoms with van der Waals surface area (Å²) in [7, 11) is 0. The third-order valence-electron chi connectivity index (χ3n) is 7.78. The van der Waals surface area contributed by atoms with Crippen molar-refractivity contribution >= 4 is 17.2 Å². The van der Waals surface area contributed by atoms with E-state index in [4.69, 9.17) is 0 Å². The van der Waals surface area contributed by atoms with E-state index in [0.717, 1.165) is 77.3 Å². The maximum absolute atomic E-state index is 13.0. The Morgan fingerprint density at radius 3 is 2.51 bits per heavy atom. The summed E-state index contributed by atoms with van der Waals surface area (Å²) in [5.74, 6) is 0.219. The molecule has 1 N–H and O–H groups in total. The quantitative estimate of drug-likeness (QED) is 0.559. The van der Waals surface area contributed by atoms with Crippen LogP contribution in [0.4, 0.5) is 0 Å². The highest BCUT2D eigenvalue weighted by atomic mass is 32.1. The van der Waals surface area contributed by atoms with Crippen molar-refractivity contribution in [2.75, 3.05) is 39.3 Å². The Labute approximate surface area is 212 Å². The molecule has 3 aliphatic rings. The number of piperazine rings is 1. The van der Waals surface area contributed by atoms with E-state index in [2.05, 4.69) is 80.0 Å². The minimum atomic E-state index is 0.219. The van der Waals surface area contributed by atoms with Crippen LogP contribution in [0.3, 0.4) is 0 Å². The fourth-order valence-electron chi connectivity index (χ4n) is 5.82. The van der Waals surface area contributed by atoms with Crippen LogP contribution in [0, 0.1) is 0 Å². The summed E-state index contributed by atoms with van der Waals surface area (Å²) in [5, 5.41) is 5.61. The van der Waals surface area contributed by atoms with Crippen molar-refractivity contribution in [2.45, 2.75) is 38.5 Å². The van der Waals surface area contributed by atoms with Crippen molar-refractivity contribution in [2.24, 2.45) is 0 Å². The van der Waals surface area contributed by atoms with E-state index in [1.54, 1.807) is 0 Å². The van der Waals surface area contributed by atoms with Gasteiger partial charge in [-0.3, -0.25) is 14.6 Å². The molecule has 0 radical (unpaired) electrons. The molecule has 3 aliphatic heterocycles. The number of amides is 1. The van der Waals surface area contributed by atoms with Gasteiger partial charge in [-0.05, 0) is 59.2 Å². The molecular weight excluding hydrogens is 452 g/mol. The molecule has 1 amide bonds. The van der Waals surface area contributed by atoms with E-state index in [-0.39, 0.29) is 5.91 Å². The number of carbonyl (C=O) groups is 1. The van der Waals surface area contributed by atoms with Gasteiger partial charge < -0.3 is 10.2 Å². The maximum atomic E-state index is 13.0. The van der Waals surface area contributed by atoms with E-state index in [1.165, 1.54) is 27.1 Å². The SMILES string of the molecule is O=C1c2ccc(CN3CCN(Cc4ccccc4-c4cccs4)CC3)cc2CN1C1CCCNC1. The molecule has 2 fully saturated rings. The standard InChI is InChI=1S/C29H34N4OS/c34-29-27-10-9-22(17-24(27)21-33(29)25-6-3-11-30-18-25)19-31-12-14-32(15-13-31)20-23-5-1-2-7-26(23)28-8-4-16-35-28/h1-2,4-5,7-10,16-17,25,30H,3,6,11-15,18-21H2. The Kier molecular flexibility index (Phi) is 6.70. The zero-order chi connectivity index (χ0) is 23.6. The second-order valence-electron chi connectivity index (χ2n) is 10.1. The summed E-state index contributed by atoms with van der Waals surface area (Å²) < 4.78 is 0. The van der Waals surface area contributed by atoms with Gasteiger partial charge in [0.15, 0.2) is 0 Å². The molecule has 6 rings (SSSR count). The Balaban J connectivity index is 1.05. The monoisotopic (exact) mass is 486 g/mol. The molecule has 182 valence electrons. The van der Waals surface area contributed by atoms with Gasteiger partial charge in [-0.1, -0.05) is 42.5 Å². The molecule has 0 spiro atoms. The third kappa shape index (κ3) is 4.94. The molecule has 2 aromatic carbocycles. The first kappa shape index (κ1) is 22.9. The van der Waals surface area contributed by atoms with Crippen molar-refractivity contribution < 1.29 is 4.79 Å². The lowest BCUT2D eigenvalue weighted by Gasteiger charge is -2.35. The Bertz CT molecular complexity index is 1160. The van der Waals surface area contributed by atoms with Crippen LogP contribution in [0.15, 0.2) is 60.0 Å².